The van der Waals surface area contributed by atoms with Crippen LogP contribution in [0.5, 0.6) is 0 Å². The smallest absolute Gasteiger partial charge is 0.223 e. The van der Waals surface area contributed by atoms with Crippen molar-refractivity contribution < 1.29 is 9.32 Å². The van der Waals surface area contributed by atoms with Gasteiger partial charge in [-0.15, -0.1) is 0 Å². The molecule has 0 spiro atoms. The van der Waals surface area contributed by atoms with Gasteiger partial charge in [0.05, 0.1) is 17.9 Å². The first-order chi connectivity index (χ1) is 13.6. The van der Waals surface area contributed by atoms with Crippen molar-refractivity contribution in [3.63, 3.8) is 0 Å². The van der Waals surface area contributed by atoms with Crippen LogP contribution in [0.1, 0.15) is 36.8 Å². The van der Waals surface area contributed by atoms with Gasteiger partial charge in [-0.2, -0.15) is 5.10 Å². The van der Waals surface area contributed by atoms with Gasteiger partial charge in [0.1, 0.15) is 5.76 Å². The van der Waals surface area contributed by atoms with Crippen LogP contribution in [0.2, 0.25) is 5.15 Å². The third-order valence-electron chi connectivity index (χ3n) is 5.14. The Morgan fingerprint density at radius 1 is 1.21 bits per heavy atom. The zero-order valence-corrected chi connectivity index (χ0v) is 16.7. The Morgan fingerprint density at radius 2 is 2.04 bits per heavy atom. The van der Waals surface area contributed by atoms with Crippen LogP contribution in [0.25, 0.3) is 11.3 Å². The van der Waals surface area contributed by atoms with Crippen LogP contribution in [0.15, 0.2) is 40.9 Å². The maximum atomic E-state index is 12.7. The summed E-state index contributed by atoms with van der Waals surface area (Å²) in [4.78, 5) is 14.6. The first-order valence-corrected chi connectivity index (χ1v) is 10.0. The van der Waals surface area contributed by atoms with Gasteiger partial charge in [-0.1, -0.05) is 47.9 Å². The molecule has 2 aromatic heterocycles. The Kier molecular flexibility index (Phi) is 5.48. The van der Waals surface area contributed by atoms with E-state index in [1.54, 1.807) is 6.07 Å². The number of hydrogen-bond acceptors (Lipinski definition) is 4. The summed E-state index contributed by atoms with van der Waals surface area (Å²) in [5.41, 5.74) is 4.46. The second kappa shape index (κ2) is 8.19. The molecule has 0 unspecified atom stereocenters. The lowest BCUT2D eigenvalue weighted by atomic mass is 10.1. The van der Waals surface area contributed by atoms with Gasteiger partial charge in [0.25, 0.3) is 0 Å². The normalized spacial score (nSPS) is 14.0. The minimum Gasteiger partial charge on any atom is -0.360 e. The van der Waals surface area contributed by atoms with Gasteiger partial charge in [0.15, 0.2) is 5.15 Å². The third kappa shape index (κ3) is 4.12. The van der Waals surface area contributed by atoms with Crippen molar-refractivity contribution in [3.8, 4) is 11.3 Å². The minimum atomic E-state index is 0.107. The Hall–Kier alpha value is -2.60. The zero-order chi connectivity index (χ0) is 19.5. The molecule has 0 bridgehead atoms. The first-order valence-electron chi connectivity index (χ1n) is 9.67. The minimum absolute atomic E-state index is 0.107. The number of aromatic nitrogens is 3. The second-order valence-electron chi connectivity index (χ2n) is 7.08. The van der Waals surface area contributed by atoms with E-state index in [-0.39, 0.29) is 5.91 Å². The summed E-state index contributed by atoms with van der Waals surface area (Å²) in [6.07, 6.45) is 2.80. The van der Waals surface area contributed by atoms with E-state index < -0.39 is 0 Å². The molecule has 0 saturated heterocycles. The Balaban J connectivity index is 1.45. The van der Waals surface area contributed by atoms with E-state index in [0.29, 0.717) is 30.3 Å². The average Bonchev–Trinajstić information content (AvgIpc) is 3.26. The molecule has 0 N–H and O–H groups in total. The Labute approximate surface area is 169 Å². The molecule has 4 rings (SSSR count). The predicted octanol–water partition coefficient (Wildman–Crippen LogP) is 4.12. The Morgan fingerprint density at radius 3 is 2.75 bits per heavy atom. The second-order valence-corrected chi connectivity index (χ2v) is 7.47. The fourth-order valence-corrected chi connectivity index (χ4v) is 3.68. The summed E-state index contributed by atoms with van der Waals surface area (Å²) < 4.78 is 7.12. The summed E-state index contributed by atoms with van der Waals surface area (Å²) in [6.45, 7) is 4.29. The number of carbonyl (C=O) groups is 1. The van der Waals surface area contributed by atoms with E-state index >= 15 is 0 Å². The largest absolute Gasteiger partial charge is 0.360 e. The lowest BCUT2D eigenvalue weighted by Gasteiger charge is -2.19. The number of nitrogens with zero attached hydrogens (tertiary/aromatic N) is 4. The van der Waals surface area contributed by atoms with Gasteiger partial charge < -0.3 is 9.42 Å². The highest BCUT2D eigenvalue weighted by Gasteiger charge is 2.21. The van der Waals surface area contributed by atoms with Crippen molar-refractivity contribution in [1.29, 1.82) is 0 Å². The molecule has 3 heterocycles. The number of halogens is 1. The van der Waals surface area contributed by atoms with Gasteiger partial charge in [0.2, 0.25) is 5.91 Å². The number of benzene rings is 1. The van der Waals surface area contributed by atoms with E-state index in [9.17, 15) is 4.79 Å². The van der Waals surface area contributed by atoms with Crippen molar-refractivity contribution >= 4 is 17.5 Å². The van der Waals surface area contributed by atoms with Gasteiger partial charge in [-0.25, -0.2) is 0 Å². The number of hydrogen-bond donors (Lipinski definition) is 0. The highest BCUT2D eigenvalue weighted by atomic mass is 35.5. The molecule has 146 valence electrons. The van der Waals surface area contributed by atoms with Crippen LogP contribution in [0.4, 0.5) is 0 Å². The van der Waals surface area contributed by atoms with E-state index in [1.165, 1.54) is 5.56 Å². The average molecular weight is 399 g/mol. The van der Waals surface area contributed by atoms with Crippen LogP contribution >= 0.6 is 11.6 Å². The molecular formula is C21H23ClN4O2. The molecule has 1 aliphatic heterocycles. The maximum absolute atomic E-state index is 12.7. The van der Waals surface area contributed by atoms with Crippen molar-refractivity contribution in [1.82, 2.24) is 19.8 Å². The first kappa shape index (κ1) is 18.7. The highest BCUT2D eigenvalue weighted by Crippen LogP contribution is 2.23. The fraction of sp³-hybridized carbons (Fsp3) is 0.381. The topological polar surface area (TPSA) is 64.2 Å². The summed E-state index contributed by atoms with van der Waals surface area (Å²) in [7, 11) is 0. The van der Waals surface area contributed by atoms with Crippen molar-refractivity contribution in [2.24, 2.45) is 0 Å². The molecule has 28 heavy (non-hydrogen) atoms. The number of amides is 1. The van der Waals surface area contributed by atoms with Crippen molar-refractivity contribution in [3.05, 3.63) is 58.6 Å². The SMILES string of the molecule is CCc1ccc(-c2cc3n(n2)CCCN(C(=O)CCc2cc(Cl)no2)C3)cc1. The van der Waals surface area contributed by atoms with E-state index in [4.69, 9.17) is 21.2 Å². The lowest BCUT2D eigenvalue weighted by Crippen LogP contribution is -2.30. The quantitative estimate of drug-likeness (QED) is 0.648. The molecule has 0 fully saturated rings. The summed E-state index contributed by atoms with van der Waals surface area (Å²) in [6, 6.07) is 12.3. The monoisotopic (exact) mass is 398 g/mol. The molecule has 1 amide bonds. The number of carbonyl (C=O) groups excluding carboxylic acids is 1. The molecule has 0 saturated carbocycles. The van der Waals surface area contributed by atoms with Gasteiger partial charge in [-0.3, -0.25) is 9.48 Å². The highest BCUT2D eigenvalue weighted by molar-refractivity contribution is 6.29. The number of rotatable bonds is 5. The molecule has 0 radical (unpaired) electrons. The van der Waals surface area contributed by atoms with Crippen molar-refractivity contribution in [2.45, 2.75) is 45.7 Å². The summed E-state index contributed by atoms with van der Waals surface area (Å²) >= 11 is 5.76. The van der Waals surface area contributed by atoms with Crippen LogP contribution < -0.4 is 0 Å². The molecule has 0 aliphatic carbocycles. The van der Waals surface area contributed by atoms with Crippen molar-refractivity contribution in [2.75, 3.05) is 6.54 Å². The molecule has 6 nitrogen and oxygen atoms in total. The van der Waals surface area contributed by atoms with E-state index in [1.807, 2.05) is 9.58 Å². The summed E-state index contributed by atoms with van der Waals surface area (Å²) in [5, 5.41) is 8.74. The van der Waals surface area contributed by atoms with E-state index in [2.05, 4.69) is 42.4 Å². The molecule has 3 aromatic rings. The molecule has 7 heteroatoms. The lowest BCUT2D eigenvalue weighted by molar-refractivity contribution is -0.131. The zero-order valence-electron chi connectivity index (χ0n) is 15.9. The van der Waals surface area contributed by atoms with Gasteiger partial charge in [0, 0.05) is 37.6 Å². The molecule has 1 aromatic carbocycles. The number of fused-ring (bicyclic) bond motifs is 1. The van der Waals surface area contributed by atoms with Crippen LogP contribution in [-0.2, 0) is 30.7 Å². The third-order valence-corrected chi connectivity index (χ3v) is 5.32. The fourth-order valence-electron chi connectivity index (χ4n) is 3.52. The summed E-state index contributed by atoms with van der Waals surface area (Å²) in [5.74, 6) is 0.743. The molecular weight excluding hydrogens is 376 g/mol. The van der Waals surface area contributed by atoms with Gasteiger partial charge >= 0.3 is 0 Å². The van der Waals surface area contributed by atoms with Crippen LogP contribution in [0.3, 0.4) is 0 Å². The van der Waals surface area contributed by atoms with Crippen LogP contribution in [0, 0.1) is 0 Å². The molecule has 0 atom stereocenters. The van der Waals surface area contributed by atoms with E-state index in [0.717, 1.165) is 42.9 Å². The maximum Gasteiger partial charge on any atom is 0.223 e. The number of aryl methyl sites for hydroxylation is 3. The standard InChI is InChI=1S/C21H23ClN4O2/c1-2-15-4-6-16(7-5-15)19-12-17-14-25(10-3-11-26(17)23-19)21(27)9-8-18-13-20(22)24-28-18/h4-7,12-13H,2-3,8-11,14H2,1H3. The molecule has 1 aliphatic rings. The Bertz CT molecular complexity index is 961. The van der Waals surface area contributed by atoms with Gasteiger partial charge in [-0.05, 0) is 24.5 Å². The van der Waals surface area contributed by atoms with Crippen LogP contribution in [-0.4, -0.2) is 32.3 Å². The predicted molar refractivity (Wildman–Crippen MR) is 107 cm³/mol.